The highest BCUT2D eigenvalue weighted by atomic mass is 16.1. The molecule has 0 fully saturated rings. The molecule has 0 saturated heterocycles. The van der Waals surface area contributed by atoms with E-state index in [1.807, 2.05) is 42.5 Å². The molecule has 0 radical (unpaired) electrons. The van der Waals surface area contributed by atoms with Gasteiger partial charge in [0.25, 0.3) is 5.91 Å². The van der Waals surface area contributed by atoms with Crippen molar-refractivity contribution in [1.29, 1.82) is 0 Å². The monoisotopic (exact) mass is 361 g/mol. The van der Waals surface area contributed by atoms with Crippen LogP contribution < -0.4 is 10.6 Å². The number of benzene rings is 1. The molecule has 3 rings (SSSR count). The summed E-state index contributed by atoms with van der Waals surface area (Å²) in [6, 6.07) is 13.4. The molecule has 0 saturated carbocycles. The quantitative estimate of drug-likeness (QED) is 0.676. The topological polar surface area (TPSA) is 79.8 Å². The first-order chi connectivity index (χ1) is 13.2. The lowest BCUT2D eigenvalue weighted by Gasteiger charge is -2.10. The number of amides is 1. The van der Waals surface area contributed by atoms with Crippen molar-refractivity contribution in [3.05, 3.63) is 71.7 Å². The zero-order chi connectivity index (χ0) is 19.1. The first kappa shape index (κ1) is 18.5. The summed E-state index contributed by atoms with van der Waals surface area (Å²) in [7, 11) is 1.64. The van der Waals surface area contributed by atoms with E-state index < -0.39 is 0 Å². The Morgan fingerprint density at radius 2 is 1.89 bits per heavy atom. The number of aromatic nitrogens is 3. The average molecular weight is 361 g/mol. The molecule has 0 atom stereocenters. The zero-order valence-corrected chi connectivity index (χ0v) is 15.6. The van der Waals surface area contributed by atoms with Crippen LogP contribution in [-0.2, 0) is 12.8 Å². The summed E-state index contributed by atoms with van der Waals surface area (Å²) >= 11 is 0. The molecule has 2 aromatic heterocycles. The lowest BCUT2D eigenvalue weighted by molar-refractivity contribution is 0.0963. The van der Waals surface area contributed by atoms with Gasteiger partial charge < -0.3 is 10.6 Å². The van der Waals surface area contributed by atoms with E-state index in [1.165, 1.54) is 0 Å². The highest BCUT2D eigenvalue weighted by molar-refractivity contribution is 5.94. The Kier molecular flexibility index (Phi) is 6.10. The predicted molar refractivity (Wildman–Crippen MR) is 107 cm³/mol. The Morgan fingerprint density at radius 1 is 1.07 bits per heavy atom. The summed E-state index contributed by atoms with van der Waals surface area (Å²) in [6.07, 6.45) is 5.11. The van der Waals surface area contributed by atoms with Crippen LogP contribution >= 0.6 is 0 Å². The molecule has 2 N–H and O–H groups in total. The molecule has 6 nitrogen and oxygen atoms in total. The minimum atomic E-state index is -0.0739. The minimum absolute atomic E-state index is 0.0739. The second-order valence-corrected chi connectivity index (χ2v) is 6.11. The van der Waals surface area contributed by atoms with Crippen LogP contribution in [0.1, 0.15) is 28.5 Å². The van der Waals surface area contributed by atoms with Gasteiger partial charge in [0.05, 0.1) is 0 Å². The molecule has 138 valence electrons. The third-order valence-corrected chi connectivity index (χ3v) is 4.22. The van der Waals surface area contributed by atoms with Crippen LogP contribution in [0.25, 0.3) is 11.4 Å². The maximum atomic E-state index is 11.8. The minimum Gasteiger partial charge on any atom is -0.370 e. The van der Waals surface area contributed by atoms with Crippen LogP contribution in [0.3, 0.4) is 0 Å². The Hall–Kier alpha value is -3.28. The normalized spacial score (nSPS) is 10.4. The lowest BCUT2D eigenvalue weighted by atomic mass is 10.1. The third-order valence-electron chi connectivity index (χ3n) is 4.22. The van der Waals surface area contributed by atoms with Crippen molar-refractivity contribution in [2.75, 3.05) is 18.9 Å². The van der Waals surface area contributed by atoms with E-state index >= 15 is 0 Å². The molecule has 27 heavy (non-hydrogen) atoms. The van der Waals surface area contributed by atoms with Gasteiger partial charge in [0.2, 0.25) is 0 Å². The lowest BCUT2D eigenvalue weighted by Crippen LogP contribution is -2.18. The number of hydrogen-bond donors (Lipinski definition) is 2. The van der Waals surface area contributed by atoms with E-state index in [1.54, 1.807) is 19.4 Å². The smallest absolute Gasteiger partial charge is 0.251 e. The summed E-state index contributed by atoms with van der Waals surface area (Å²) in [6.45, 7) is 2.79. The van der Waals surface area contributed by atoms with Gasteiger partial charge in [0, 0.05) is 48.9 Å². The molecule has 1 amide bonds. The van der Waals surface area contributed by atoms with E-state index in [4.69, 9.17) is 0 Å². The molecule has 2 heterocycles. The van der Waals surface area contributed by atoms with Crippen molar-refractivity contribution in [3.63, 3.8) is 0 Å². The Morgan fingerprint density at radius 3 is 2.63 bits per heavy atom. The van der Waals surface area contributed by atoms with Gasteiger partial charge in [-0.25, -0.2) is 9.97 Å². The first-order valence-corrected chi connectivity index (χ1v) is 9.03. The van der Waals surface area contributed by atoms with Crippen molar-refractivity contribution in [1.82, 2.24) is 20.3 Å². The van der Waals surface area contributed by atoms with Crippen LogP contribution in [0.5, 0.6) is 0 Å². The average Bonchev–Trinajstić information content (AvgIpc) is 2.73. The Balaban J connectivity index is 1.70. The Labute approximate surface area is 159 Å². The number of rotatable bonds is 7. The summed E-state index contributed by atoms with van der Waals surface area (Å²) in [5.74, 6) is 1.42. The van der Waals surface area contributed by atoms with Gasteiger partial charge in [0.15, 0.2) is 5.82 Å². The summed E-state index contributed by atoms with van der Waals surface area (Å²) in [5, 5.41) is 6.02. The van der Waals surface area contributed by atoms with E-state index in [-0.39, 0.29) is 5.91 Å². The number of pyridine rings is 1. The van der Waals surface area contributed by atoms with E-state index in [9.17, 15) is 4.79 Å². The van der Waals surface area contributed by atoms with E-state index in [2.05, 4.69) is 32.5 Å². The SMILES string of the molecule is CCc1cc(NCCc2cccc(C(=O)NC)c2)nc(-c2ccncc2)n1. The van der Waals surface area contributed by atoms with Crippen molar-refractivity contribution in [3.8, 4) is 11.4 Å². The van der Waals surface area contributed by atoms with Crippen LogP contribution in [0.15, 0.2) is 54.9 Å². The molecule has 0 aliphatic carbocycles. The van der Waals surface area contributed by atoms with Crippen molar-refractivity contribution < 1.29 is 4.79 Å². The van der Waals surface area contributed by atoms with Crippen LogP contribution in [-0.4, -0.2) is 34.5 Å². The van der Waals surface area contributed by atoms with Gasteiger partial charge in [0.1, 0.15) is 5.82 Å². The van der Waals surface area contributed by atoms with Gasteiger partial charge in [-0.2, -0.15) is 0 Å². The maximum Gasteiger partial charge on any atom is 0.251 e. The molecule has 1 aromatic carbocycles. The molecule has 0 aliphatic heterocycles. The molecule has 3 aromatic rings. The third kappa shape index (κ3) is 4.88. The maximum absolute atomic E-state index is 11.8. The number of carbonyl (C=O) groups excluding carboxylic acids is 1. The highest BCUT2D eigenvalue weighted by Gasteiger charge is 2.07. The summed E-state index contributed by atoms with van der Waals surface area (Å²) < 4.78 is 0. The predicted octanol–water partition coefficient (Wildman–Crippen LogP) is 3.12. The van der Waals surface area contributed by atoms with Gasteiger partial charge in [-0.1, -0.05) is 19.1 Å². The second-order valence-electron chi connectivity index (χ2n) is 6.11. The van der Waals surface area contributed by atoms with Crippen molar-refractivity contribution in [2.45, 2.75) is 19.8 Å². The highest BCUT2D eigenvalue weighted by Crippen LogP contribution is 2.17. The standard InChI is InChI=1S/C21H23N5O/c1-3-18-14-19(26-20(25-18)16-8-10-23-11-9-16)24-12-7-15-5-4-6-17(13-15)21(27)22-2/h4-6,8-11,13-14H,3,7,12H2,1-2H3,(H,22,27)(H,24,25,26). The van der Waals surface area contributed by atoms with Gasteiger partial charge in [-0.3, -0.25) is 9.78 Å². The zero-order valence-electron chi connectivity index (χ0n) is 15.6. The second kappa shape index (κ2) is 8.89. The fraction of sp³-hybridized carbons (Fsp3) is 0.238. The molecule has 0 spiro atoms. The van der Waals surface area contributed by atoms with E-state index in [0.29, 0.717) is 17.9 Å². The number of hydrogen-bond acceptors (Lipinski definition) is 5. The number of aryl methyl sites for hydroxylation is 1. The molecule has 0 bridgehead atoms. The number of nitrogens with zero attached hydrogens (tertiary/aromatic N) is 3. The van der Waals surface area contributed by atoms with Gasteiger partial charge in [-0.15, -0.1) is 0 Å². The van der Waals surface area contributed by atoms with Crippen LogP contribution in [0.2, 0.25) is 0 Å². The summed E-state index contributed by atoms with van der Waals surface area (Å²) in [4.78, 5) is 25.0. The molecule has 0 aliphatic rings. The molecule has 0 unspecified atom stereocenters. The molecular formula is C21H23N5O. The van der Waals surface area contributed by atoms with Crippen LogP contribution in [0.4, 0.5) is 5.82 Å². The largest absolute Gasteiger partial charge is 0.370 e. The van der Waals surface area contributed by atoms with E-state index in [0.717, 1.165) is 35.5 Å². The Bertz CT molecular complexity index is 911. The number of carbonyl (C=O) groups is 1. The van der Waals surface area contributed by atoms with Gasteiger partial charge >= 0.3 is 0 Å². The summed E-state index contributed by atoms with van der Waals surface area (Å²) in [5.41, 5.74) is 3.70. The van der Waals surface area contributed by atoms with Crippen molar-refractivity contribution in [2.24, 2.45) is 0 Å². The number of anilines is 1. The van der Waals surface area contributed by atoms with Crippen molar-refractivity contribution >= 4 is 11.7 Å². The molecular weight excluding hydrogens is 338 g/mol. The fourth-order valence-corrected chi connectivity index (χ4v) is 2.75. The van der Waals surface area contributed by atoms with Crippen LogP contribution in [0, 0.1) is 0 Å². The molecule has 6 heteroatoms. The first-order valence-electron chi connectivity index (χ1n) is 9.03. The fourth-order valence-electron chi connectivity index (χ4n) is 2.75. The van der Waals surface area contributed by atoms with Gasteiger partial charge in [-0.05, 0) is 42.7 Å². The number of nitrogens with one attached hydrogen (secondary N) is 2.